The van der Waals surface area contributed by atoms with E-state index in [1.165, 1.54) is 0 Å². The van der Waals surface area contributed by atoms with Gasteiger partial charge in [-0.15, -0.1) is 0 Å². The van der Waals surface area contributed by atoms with Gasteiger partial charge in [0.15, 0.2) is 0 Å². The molecule has 0 saturated carbocycles. The maximum Gasteiger partial charge on any atom is 0.268 e. The Balaban J connectivity index is 2.29. The molecule has 1 N–H and O–H groups in total. The fourth-order valence-electron chi connectivity index (χ4n) is 3.21. The van der Waals surface area contributed by atoms with E-state index in [0.29, 0.717) is 16.2 Å². The van der Waals surface area contributed by atoms with Gasteiger partial charge in [-0.05, 0) is 23.8 Å². The summed E-state index contributed by atoms with van der Waals surface area (Å²) in [4.78, 5) is 15.3. The van der Waals surface area contributed by atoms with Crippen molar-refractivity contribution in [3.8, 4) is 17.2 Å². The summed E-state index contributed by atoms with van der Waals surface area (Å²) in [5.74, 6) is 0. The summed E-state index contributed by atoms with van der Waals surface area (Å²) in [7, 11) is 1.90. The molecule has 0 atom stereocenters. The third-order valence-electron chi connectivity index (χ3n) is 4.31. The minimum atomic E-state index is -0.388. The highest BCUT2D eigenvalue weighted by Gasteiger charge is 2.19. The lowest BCUT2D eigenvalue weighted by Crippen LogP contribution is -2.13. The van der Waals surface area contributed by atoms with Crippen molar-refractivity contribution in [3.63, 3.8) is 0 Å². The number of hydrogen-bond acceptors (Lipinski definition) is 2. The molecule has 0 aliphatic carbocycles. The largest absolute Gasteiger partial charge is 0.330 e. The molecule has 0 spiro atoms. The maximum atomic E-state index is 12.4. The zero-order valence-corrected chi connectivity index (χ0v) is 13.6. The van der Waals surface area contributed by atoms with Crippen LogP contribution in [0.15, 0.2) is 53.3 Å². The normalized spacial score (nSPS) is 11.0. The van der Waals surface area contributed by atoms with Crippen molar-refractivity contribution in [3.05, 3.63) is 69.5 Å². The number of halogens is 1. The Bertz CT molecular complexity index is 1190. The van der Waals surface area contributed by atoms with Crippen LogP contribution in [0.25, 0.3) is 33.1 Å². The van der Waals surface area contributed by atoms with Crippen molar-refractivity contribution in [1.29, 1.82) is 5.26 Å². The van der Waals surface area contributed by atoms with Crippen LogP contribution in [0.1, 0.15) is 5.56 Å². The molecule has 24 heavy (non-hydrogen) atoms. The fraction of sp³-hybridized carbons (Fsp3) is 0.0526. The molecule has 0 saturated heterocycles. The van der Waals surface area contributed by atoms with Crippen LogP contribution in [-0.2, 0) is 7.05 Å². The number of aryl methyl sites for hydroxylation is 1. The topological polar surface area (TPSA) is 61.6 Å². The lowest BCUT2D eigenvalue weighted by molar-refractivity contribution is 0.983. The number of nitrogens with one attached hydrogen (secondary N) is 1. The molecular weight excluding hydrogens is 322 g/mol. The van der Waals surface area contributed by atoms with E-state index in [1.807, 2.05) is 48.0 Å². The summed E-state index contributed by atoms with van der Waals surface area (Å²) in [6.45, 7) is 0. The first-order valence-electron chi connectivity index (χ1n) is 7.41. The number of para-hydroxylation sites is 1. The predicted molar refractivity (Wildman–Crippen MR) is 96.2 cm³/mol. The zero-order chi connectivity index (χ0) is 16.8. The molecule has 116 valence electrons. The SMILES string of the molecule is Cn1c2ccccc2c2c(-c3ccc(Cl)cc3)c(C#N)c(=O)[nH]c21. The summed E-state index contributed by atoms with van der Waals surface area (Å²) in [5.41, 5.74) is 2.86. The zero-order valence-electron chi connectivity index (χ0n) is 12.8. The molecule has 4 nitrogen and oxygen atoms in total. The number of H-pyrrole nitrogens is 1. The molecule has 4 rings (SSSR count). The van der Waals surface area contributed by atoms with Gasteiger partial charge in [0.2, 0.25) is 0 Å². The molecule has 0 radical (unpaired) electrons. The number of aromatic amines is 1. The van der Waals surface area contributed by atoms with Crippen LogP contribution in [-0.4, -0.2) is 9.55 Å². The van der Waals surface area contributed by atoms with E-state index in [1.54, 1.807) is 12.1 Å². The summed E-state index contributed by atoms with van der Waals surface area (Å²) in [6.07, 6.45) is 0. The highest BCUT2D eigenvalue weighted by Crippen LogP contribution is 2.36. The summed E-state index contributed by atoms with van der Waals surface area (Å²) >= 11 is 5.98. The van der Waals surface area contributed by atoms with Crippen molar-refractivity contribution < 1.29 is 0 Å². The molecule has 0 aliphatic heterocycles. The van der Waals surface area contributed by atoms with Gasteiger partial charge in [-0.1, -0.05) is 41.9 Å². The second kappa shape index (κ2) is 5.26. The number of aromatic nitrogens is 2. The molecule has 0 aliphatic rings. The molecular formula is C19H12ClN3O. The maximum absolute atomic E-state index is 12.4. The quantitative estimate of drug-likeness (QED) is 0.567. The van der Waals surface area contributed by atoms with E-state index in [2.05, 4.69) is 11.1 Å². The van der Waals surface area contributed by atoms with Crippen molar-refractivity contribution in [2.45, 2.75) is 0 Å². The van der Waals surface area contributed by atoms with Crippen molar-refractivity contribution in [2.75, 3.05) is 0 Å². The third-order valence-corrected chi connectivity index (χ3v) is 4.56. The van der Waals surface area contributed by atoms with E-state index < -0.39 is 0 Å². The van der Waals surface area contributed by atoms with Crippen LogP contribution in [0.3, 0.4) is 0 Å². The first kappa shape index (κ1) is 14.6. The Morgan fingerprint density at radius 3 is 2.54 bits per heavy atom. The first-order valence-corrected chi connectivity index (χ1v) is 7.79. The van der Waals surface area contributed by atoms with E-state index in [0.717, 1.165) is 21.9 Å². The Morgan fingerprint density at radius 2 is 1.83 bits per heavy atom. The Labute approximate surface area is 142 Å². The van der Waals surface area contributed by atoms with E-state index >= 15 is 0 Å². The van der Waals surface area contributed by atoms with Crippen LogP contribution >= 0.6 is 11.6 Å². The van der Waals surface area contributed by atoms with Crippen molar-refractivity contribution >= 4 is 33.5 Å². The minimum absolute atomic E-state index is 0.112. The number of benzene rings is 2. The van der Waals surface area contributed by atoms with Crippen LogP contribution in [0.5, 0.6) is 0 Å². The molecule has 5 heteroatoms. The highest BCUT2D eigenvalue weighted by molar-refractivity contribution is 6.30. The summed E-state index contributed by atoms with van der Waals surface area (Å²) in [5, 5.41) is 12.0. The molecule has 0 amide bonds. The second-order valence-electron chi connectivity index (χ2n) is 5.62. The monoisotopic (exact) mass is 333 g/mol. The van der Waals surface area contributed by atoms with Crippen molar-refractivity contribution in [2.24, 2.45) is 7.05 Å². The number of hydrogen-bond donors (Lipinski definition) is 1. The molecule has 2 aromatic carbocycles. The number of nitriles is 1. The van der Waals surface area contributed by atoms with E-state index in [4.69, 9.17) is 11.6 Å². The number of rotatable bonds is 1. The average Bonchev–Trinajstić information content (AvgIpc) is 2.87. The van der Waals surface area contributed by atoms with Crippen LogP contribution < -0.4 is 5.56 Å². The average molecular weight is 334 g/mol. The number of fused-ring (bicyclic) bond motifs is 3. The molecule has 0 fully saturated rings. The summed E-state index contributed by atoms with van der Waals surface area (Å²) in [6, 6.07) is 17.1. The minimum Gasteiger partial charge on any atom is -0.330 e. The van der Waals surface area contributed by atoms with Gasteiger partial charge >= 0.3 is 0 Å². The van der Waals surface area contributed by atoms with Gasteiger partial charge in [0.1, 0.15) is 17.3 Å². The van der Waals surface area contributed by atoms with Gasteiger partial charge < -0.3 is 9.55 Å². The summed E-state index contributed by atoms with van der Waals surface area (Å²) < 4.78 is 1.94. The number of pyridine rings is 1. The lowest BCUT2D eigenvalue weighted by atomic mass is 9.97. The number of nitrogens with zero attached hydrogens (tertiary/aromatic N) is 2. The molecule has 4 aromatic rings. The Morgan fingerprint density at radius 1 is 1.12 bits per heavy atom. The standard InChI is InChI=1S/C19H12ClN3O/c1-23-15-5-3-2-4-13(15)17-16(11-6-8-12(20)9-7-11)14(10-21)19(24)22-18(17)23/h2-9H,1H3,(H,22,24). The fourth-order valence-corrected chi connectivity index (χ4v) is 3.34. The molecule has 0 bridgehead atoms. The third kappa shape index (κ3) is 1.96. The van der Waals surface area contributed by atoms with Crippen LogP contribution in [0.4, 0.5) is 0 Å². The smallest absolute Gasteiger partial charge is 0.268 e. The van der Waals surface area contributed by atoms with Gasteiger partial charge in [-0.3, -0.25) is 4.79 Å². The molecule has 2 heterocycles. The predicted octanol–water partition coefficient (Wildman–Crippen LogP) is 4.21. The van der Waals surface area contributed by atoms with Crippen molar-refractivity contribution in [1.82, 2.24) is 9.55 Å². The second-order valence-corrected chi connectivity index (χ2v) is 6.06. The van der Waals surface area contributed by atoms with E-state index in [-0.39, 0.29) is 11.1 Å². The Hall–Kier alpha value is -3.03. The first-order chi connectivity index (χ1) is 11.6. The molecule has 0 unspecified atom stereocenters. The highest BCUT2D eigenvalue weighted by atomic mass is 35.5. The van der Waals surface area contributed by atoms with Gasteiger partial charge in [-0.2, -0.15) is 5.26 Å². The Kier molecular flexibility index (Phi) is 3.19. The van der Waals surface area contributed by atoms with E-state index in [9.17, 15) is 10.1 Å². The van der Waals surface area contributed by atoms with Gasteiger partial charge in [0.25, 0.3) is 5.56 Å². The van der Waals surface area contributed by atoms with Crippen LogP contribution in [0.2, 0.25) is 5.02 Å². The molecule has 2 aromatic heterocycles. The van der Waals surface area contributed by atoms with Gasteiger partial charge in [0.05, 0.1) is 5.52 Å². The lowest BCUT2D eigenvalue weighted by Gasteiger charge is -2.07. The van der Waals surface area contributed by atoms with Crippen LogP contribution in [0, 0.1) is 11.3 Å². The van der Waals surface area contributed by atoms with Gasteiger partial charge in [0, 0.05) is 28.4 Å². The van der Waals surface area contributed by atoms with Gasteiger partial charge in [-0.25, -0.2) is 0 Å².